The summed E-state index contributed by atoms with van der Waals surface area (Å²) >= 11 is 1.67. The summed E-state index contributed by atoms with van der Waals surface area (Å²) in [6.07, 6.45) is 0.967. The maximum absolute atomic E-state index is 11.7. The fourth-order valence-corrected chi connectivity index (χ4v) is 3.15. The van der Waals surface area contributed by atoms with Crippen LogP contribution in [0.25, 0.3) is 0 Å². The first kappa shape index (κ1) is 20.9. The van der Waals surface area contributed by atoms with Crippen LogP contribution in [-0.2, 0) is 16.0 Å². The Morgan fingerprint density at radius 2 is 2.00 bits per heavy atom. The fourth-order valence-electron chi connectivity index (χ4n) is 2.20. The van der Waals surface area contributed by atoms with Gasteiger partial charge in [0.15, 0.2) is 0 Å². The Bertz CT molecular complexity index is 644. The second-order valence-electron chi connectivity index (χ2n) is 5.10. The van der Waals surface area contributed by atoms with E-state index in [9.17, 15) is 4.79 Å². The molecule has 24 heavy (non-hydrogen) atoms. The Kier molecular flexibility index (Phi) is 9.24. The number of anilines is 2. The Morgan fingerprint density at radius 3 is 2.62 bits per heavy atom. The van der Waals surface area contributed by atoms with E-state index in [1.165, 1.54) is 5.69 Å². The van der Waals surface area contributed by atoms with Gasteiger partial charge in [-0.3, -0.25) is 0 Å². The summed E-state index contributed by atoms with van der Waals surface area (Å²) < 4.78 is 12.3. The van der Waals surface area contributed by atoms with Crippen molar-refractivity contribution in [1.82, 2.24) is 0 Å². The Balaban J connectivity index is 0.00000288. The molecule has 5 nitrogen and oxygen atoms in total. The van der Waals surface area contributed by atoms with Gasteiger partial charge in [0.25, 0.3) is 0 Å². The predicted octanol–water partition coefficient (Wildman–Crippen LogP) is 0.305. The molecule has 0 radical (unpaired) electrons. The van der Waals surface area contributed by atoms with Gasteiger partial charge in [-0.05, 0) is 38.1 Å². The van der Waals surface area contributed by atoms with E-state index >= 15 is 0 Å². The predicted molar refractivity (Wildman–Crippen MR) is 91.4 cm³/mol. The molecule has 0 amide bonds. The summed E-state index contributed by atoms with van der Waals surface area (Å²) in [7, 11) is 1.72. The van der Waals surface area contributed by atoms with E-state index in [-0.39, 0.29) is 29.9 Å². The second-order valence-corrected chi connectivity index (χ2v) is 5.96. The third-order valence-corrected chi connectivity index (χ3v) is 4.39. The summed E-state index contributed by atoms with van der Waals surface area (Å²) in [6, 6.07) is 7.33. The van der Waals surface area contributed by atoms with Crippen molar-refractivity contribution in [2.24, 2.45) is 0 Å². The number of nitrogens with zero attached hydrogens (tertiary/aromatic N) is 1. The van der Waals surface area contributed by atoms with Crippen molar-refractivity contribution in [3.05, 3.63) is 40.9 Å². The van der Waals surface area contributed by atoms with Crippen LogP contribution < -0.4 is 33.9 Å². The highest BCUT2D eigenvalue weighted by atomic mass is 127. The number of hydrogen-bond donors (Lipinski definition) is 1. The lowest BCUT2D eigenvalue weighted by Gasteiger charge is -2.05. The fraction of sp³-hybridized carbons (Fsp3) is 0.412. The van der Waals surface area contributed by atoms with Crippen LogP contribution in [0.2, 0.25) is 0 Å². The van der Waals surface area contributed by atoms with Crippen LogP contribution in [-0.4, -0.2) is 26.3 Å². The minimum Gasteiger partial charge on any atom is -1.00 e. The molecule has 1 aromatic heterocycles. The molecule has 0 aliphatic heterocycles. The average Bonchev–Trinajstić information content (AvgIpc) is 2.89. The molecule has 0 atom stereocenters. The molecule has 0 unspecified atom stereocenters. The highest BCUT2D eigenvalue weighted by Gasteiger charge is 2.16. The number of nitrogens with one attached hydrogen (secondary N) is 1. The molecule has 2 rings (SSSR count). The lowest BCUT2D eigenvalue weighted by atomic mass is 10.2. The van der Waals surface area contributed by atoms with E-state index in [1.807, 2.05) is 12.1 Å². The molecule has 1 aromatic carbocycles. The van der Waals surface area contributed by atoms with Crippen LogP contribution in [0.1, 0.15) is 29.4 Å². The third-order valence-electron chi connectivity index (χ3n) is 3.39. The van der Waals surface area contributed by atoms with E-state index in [4.69, 9.17) is 9.47 Å². The van der Waals surface area contributed by atoms with E-state index < -0.39 is 0 Å². The molecular weight excluding hydrogens is 439 g/mol. The summed E-state index contributed by atoms with van der Waals surface area (Å²) in [5.74, 6) is -0.291. The SMILES string of the molecule is CCOC(=O)c1ccc(Nc2scc(C)[n+]2CCCOC)cc1.[I-]. The molecule has 1 N–H and O–H groups in total. The van der Waals surface area contributed by atoms with Gasteiger partial charge in [-0.2, -0.15) is 0 Å². The summed E-state index contributed by atoms with van der Waals surface area (Å²) in [6.45, 7) is 5.94. The monoisotopic (exact) mass is 462 g/mol. The van der Waals surface area contributed by atoms with Gasteiger partial charge in [-0.25, -0.2) is 14.7 Å². The number of aryl methyl sites for hydroxylation is 1. The first-order valence-electron chi connectivity index (χ1n) is 7.66. The summed E-state index contributed by atoms with van der Waals surface area (Å²) in [5.41, 5.74) is 2.73. The zero-order valence-corrected chi connectivity index (χ0v) is 17.1. The van der Waals surface area contributed by atoms with E-state index in [0.717, 1.165) is 30.4 Å². The van der Waals surface area contributed by atoms with Gasteiger partial charge in [0.1, 0.15) is 11.4 Å². The number of aromatic nitrogens is 1. The van der Waals surface area contributed by atoms with Gasteiger partial charge >= 0.3 is 11.1 Å². The Labute approximate surface area is 164 Å². The van der Waals surface area contributed by atoms with Gasteiger partial charge in [0.05, 0.1) is 18.7 Å². The average molecular weight is 462 g/mol. The topological polar surface area (TPSA) is 51.4 Å². The Hall–Kier alpha value is -1.19. The normalized spacial score (nSPS) is 10.1. The standard InChI is InChI=1S/C17H22N2O3S.HI/c1-4-22-16(20)14-6-8-15(9-7-14)18-17-19(10-5-11-21-3)13(2)12-23-17;/h6-9,12H,4-5,10-11H2,1-3H3;1H. The largest absolute Gasteiger partial charge is 1.00 e. The molecule has 0 fully saturated rings. The number of ether oxygens (including phenoxy) is 2. The van der Waals surface area contributed by atoms with Crippen molar-refractivity contribution in [2.45, 2.75) is 26.8 Å². The Morgan fingerprint density at radius 1 is 1.29 bits per heavy atom. The van der Waals surface area contributed by atoms with Gasteiger partial charge in [-0.15, -0.1) is 0 Å². The van der Waals surface area contributed by atoms with E-state index in [0.29, 0.717) is 12.2 Å². The number of methoxy groups -OCH3 is 1. The van der Waals surface area contributed by atoms with Gasteiger partial charge < -0.3 is 33.5 Å². The number of carbonyl (C=O) groups excluding carboxylic acids is 1. The molecule has 0 aliphatic carbocycles. The van der Waals surface area contributed by atoms with Crippen molar-refractivity contribution in [3.63, 3.8) is 0 Å². The lowest BCUT2D eigenvalue weighted by molar-refractivity contribution is -0.685. The number of benzene rings is 1. The number of hydrogen-bond acceptors (Lipinski definition) is 5. The first-order valence-corrected chi connectivity index (χ1v) is 8.54. The summed E-state index contributed by atoms with van der Waals surface area (Å²) in [4.78, 5) is 11.7. The second kappa shape index (κ2) is 10.6. The quantitative estimate of drug-likeness (QED) is 0.266. The van der Waals surface area contributed by atoms with Crippen LogP contribution in [0.15, 0.2) is 29.6 Å². The summed E-state index contributed by atoms with van der Waals surface area (Å²) in [5, 5.41) is 6.61. The minimum atomic E-state index is -0.291. The first-order chi connectivity index (χ1) is 11.2. The maximum Gasteiger partial charge on any atom is 0.339 e. The molecule has 0 saturated heterocycles. The van der Waals surface area contributed by atoms with Gasteiger partial charge in [0, 0.05) is 25.5 Å². The van der Waals surface area contributed by atoms with E-state index in [1.54, 1.807) is 37.5 Å². The zero-order valence-electron chi connectivity index (χ0n) is 14.2. The molecule has 7 heteroatoms. The molecular formula is C17H23IN2O3S. The van der Waals surface area contributed by atoms with Crippen molar-refractivity contribution >= 4 is 28.1 Å². The lowest BCUT2D eigenvalue weighted by Crippen LogP contribution is -3.00. The molecule has 2 aromatic rings. The van der Waals surface area contributed by atoms with Crippen LogP contribution >= 0.6 is 11.3 Å². The number of halogens is 1. The molecule has 0 bridgehead atoms. The molecule has 0 saturated carbocycles. The zero-order chi connectivity index (χ0) is 16.7. The van der Waals surface area contributed by atoms with E-state index in [2.05, 4.69) is 22.2 Å². The smallest absolute Gasteiger partial charge is 0.339 e. The van der Waals surface area contributed by atoms with Crippen molar-refractivity contribution in [3.8, 4) is 0 Å². The maximum atomic E-state index is 11.7. The number of thiazole rings is 1. The van der Waals surface area contributed by atoms with Gasteiger partial charge in [-0.1, -0.05) is 11.3 Å². The molecule has 132 valence electrons. The minimum absolute atomic E-state index is 0. The van der Waals surface area contributed by atoms with Crippen LogP contribution in [0.3, 0.4) is 0 Å². The highest BCUT2D eigenvalue weighted by molar-refractivity contribution is 7.13. The van der Waals surface area contributed by atoms with Crippen molar-refractivity contribution < 1.29 is 42.8 Å². The van der Waals surface area contributed by atoms with Crippen LogP contribution in [0.5, 0.6) is 0 Å². The van der Waals surface area contributed by atoms with Crippen molar-refractivity contribution in [1.29, 1.82) is 0 Å². The van der Waals surface area contributed by atoms with Gasteiger partial charge in [0.2, 0.25) is 0 Å². The van der Waals surface area contributed by atoms with Crippen LogP contribution in [0.4, 0.5) is 10.8 Å². The molecule has 0 spiro atoms. The van der Waals surface area contributed by atoms with Crippen molar-refractivity contribution in [2.75, 3.05) is 25.6 Å². The highest BCUT2D eigenvalue weighted by Crippen LogP contribution is 2.20. The number of esters is 1. The molecule has 0 aliphatic rings. The van der Waals surface area contributed by atoms with Crippen LogP contribution in [0, 0.1) is 6.92 Å². The third kappa shape index (κ3) is 5.71. The number of carbonyl (C=O) groups is 1. The number of rotatable bonds is 8. The molecule has 1 heterocycles.